The molecule has 1 atom stereocenters. The number of benzene rings is 1. The number of halogens is 4. The van der Waals surface area contributed by atoms with Crippen molar-refractivity contribution < 1.29 is 21.6 Å². The third-order valence-corrected chi connectivity index (χ3v) is 5.35. The molecule has 0 amide bonds. The van der Waals surface area contributed by atoms with Crippen LogP contribution in [-0.4, -0.2) is 38.4 Å². The van der Waals surface area contributed by atoms with Crippen LogP contribution >= 0.6 is 11.6 Å². The van der Waals surface area contributed by atoms with E-state index in [0.717, 1.165) is 16.4 Å². The van der Waals surface area contributed by atoms with Gasteiger partial charge < -0.3 is 5.32 Å². The molecule has 1 aromatic carbocycles. The molecular weight excluding hydrogens is 329 g/mol. The van der Waals surface area contributed by atoms with Crippen molar-refractivity contribution in [2.75, 3.05) is 19.6 Å². The summed E-state index contributed by atoms with van der Waals surface area (Å²) in [4.78, 5) is -0.756. The Morgan fingerprint density at radius 2 is 2.05 bits per heavy atom. The molecule has 0 saturated carbocycles. The summed E-state index contributed by atoms with van der Waals surface area (Å²) in [6.07, 6.45) is -4.78. The third kappa shape index (κ3) is 3.50. The van der Waals surface area contributed by atoms with Crippen molar-refractivity contribution >= 4 is 21.6 Å². The first-order valence-electron chi connectivity index (χ1n) is 6.22. The summed E-state index contributed by atoms with van der Waals surface area (Å²) in [6, 6.07) is 2.58. The number of alkyl halides is 3. The van der Waals surface area contributed by atoms with Gasteiger partial charge in [0.1, 0.15) is 0 Å². The van der Waals surface area contributed by atoms with Crippen molar-refractivity contribution in [1.29, 1.82) is 0 Å². The monoisotopic (exact) mass is 342 g/mol. The Balaban J connectivity index is 2.50. The number of nitrogens with zero attached hydrogens (tertiary/aromatic N) is 1. The first kappa shape index (κ1) is 16.5. The van der Waals surface area contributed by atoms with Gasteiger partial charge >= 0.3 is 6.18 Å². The van der Waals surface area contributed by atoms with Gasteiger partial charge in [-0.3, -0.25) is 0 Å². The molecule has 1 unspecified atom stereocenters. The molecule has 0 aliphatic carbocycles. The SMILES string of the molecule is CC1CN(S(=O)(=O)c2ccc(Cl)cc2C(F)(F)F)CCN1. The average Bonchev–Trinajstić information content (AvgIpc) is 2.37. The molecule has 0 radical (unpaired) electrons. The highest BCUT2D eigenvalue weighted by Crippen LogP contribution is 2.37. The summed E-state index contributed by atoms with van der Waals surface area (Å²) >= 11 is 5.56. The highest BCUT2D eigenvalue weighted by Gasteiger charge is 2.40. The second kappa shape index (κ2) is 5.75. The van der Waals surface area contributed by atoms with Gasteiger partial charge in [0.15, 0.2) is 0 Å². The summed E-state index contributed by atoms with van der Waals surface area (Å²) in [5, 5.41) is 2.88. The van der Waals surface area contributed by atoms with E-state index in [1.165, 1.54) is 0 Å². The molecule has 0 aromatic heterocycles. The van der Waals surface area contributed by atoms with Crippen molar-refractivity contribution in [2.45, 2.75) is 24.0 Å². The predicted octanol–water partition coefficient (Wildman–Crippen LogP) is 2.34. The highest BCUT2D eigenvalue weighted by atomic mass is 35.5. The van der Waals surface area contributed by atoms with E-state index < -0.39 is 26.7 Å². The van der Waals surface area contributed by atoms with Gasteiger partial charge in [-0.15, -0.1) is 0 Å². The summed E-state index contributed by atoms with van der Waals surface area (Å²) in [7, 11) is -4.21. The minimum atomic E-state index is -4.78. The molecule has 1 aliphatic heterocycles. The van der Waals surface area contributed by atoms with Gasteiger partial charge in [0.05, 0.1) is 10.5 Å². The van der Waals surface area contributed by atoms with Gasteiger partial charge in [-0.25, -0.2) is 8.42 Å². The molecule has 118 valence electrons. The van der Waals surface area contributed by atoms with Crippen LogP contribution in [0.25, 0.3) is 0 Å². The maximum absolute atomic E-state index is 13.0. The lowest BCUT2D eigenvalue weighted by Crippen LogP contribution is -2.51. The molecule has 9 heteroatoms. The maximum atomic E-state index is 13.0. The largest absolute Gasteiger partial charge is 0.417 e. The van der Waals surface area contributed by atoms with Crippen LogP contribution in [0.3, 0.4) is 0 Å². The Labute approximate surface area is 125 Å². The van der Waals surface area contributed by atoms with E-state index in [4.69, 9.17) is 11.6 Å². The summed E-state index contributed by atoms with van der Waals surface area (Å²) in [5.41, 5.74) is -1.24. The van der Waals surface area contributed by atoms with Gasteiger partial charge in [0.2, 0.25) is 10.0 Å². The summed E-state index contributed by atoms with van der Waals surface area (Å²) in [6.45, 7) is 2.43. The van der Waals surface area contributed by atoms with Gasteiger partial charge in [0.25, 0.3) is 0 Å². The molecule has 1 aromatic rings. The van der Waals surface area contributed by atoms with E-state index in [0.29, 0.717) is 12.6 Å². The molecule has 1 heterocycles. The van der Waals surface area contributed by atoms with Crippen molar-refractivity contribution in [3.63, 3.8) is 0 Å². The first-order chi connectivity index (χ1) is 9.62. The summed E-state index contributed by atoms with van der Waals surface area (Å²) < 4.78 is 65.1. The molecule has 1 fully saturated rings. The minimum Gasteiger partial charge on any atom is -0.312 e. The molecule has 21 heavy (non-hydrogen) atoms. The number of sulfonamides is 1. The lowest BCUT2D eigenvalue weighted by molar-refractivity contribution is -0.139. The average molecular weight is 343 g/mol. The number of hydrogen-bond acceptors (Lipinski definition) is 3. The second-order valence-corrected chi connectivity index (χ2v) is 7.20. The zero-order chi connectivity index (χ0) is 15.8. The van der Waals surface area contributed by atoms with Crippen LogP contribution in [0, 0.1) is 0 Å². The van der Waals surface area contributed by atoms with Crippen LogP contribution in [0.1, 0.15) is 12.5 Å². The van der Waals surface area contributed by atoms with E-state index in [1.54, 1.807) is 6.92 Å². The van der Waals surface area contributed by atoms with Crippen LogP contribution in [-0.2, 0) is 16.2 Å². The molecule has 0 spiro atoms. The van der Waals surface area contributed by atoms with Crippen LogP contribution < -0.4 is 5.32 Å². The number of rotatable bonds is 2. The Hall–Kier alpha value is -0.830. The zero-order valence-corrected chi connectivity index (χ0v) is 12.7. The fraction of sp³-hybridized carbons (Fsp3) is 0.500. The maximum Gasteiger partial charge on any atom is 0.417 e. The van der Waals surface area contributed by atoms with Gasteiger partial charge in [0, 0.05) is 30.7 Å². The van der Waals surface area contributed by atoms with E-state index in [9.17, 15) is 21.6 Å². The topological polar surface area (TPSA) is 49.4 Å². The molecule has 4 nitrogen and oxygen atoms in total. The van der Waals surface area contributed by atoms with E-state index in [-0.39, 0.29) is 24.2 Å². The van der Waals surface area contributed by atoms with Crippen LogP contribution in [0.2, 0.25) is 5.02 Å². The predicted molar refractivity (Wildman–Crippen MR) is 72.7 cm³/mol. The Kier molecular flexibility index (Phi) is 4.53. The third-order valence-electron chi connectivity index (χ3n) is 3.20. The van der Waals surface area contributed by atoms with Gasteiger partial charge in [-0.05, 0) is 25.1 Å². The number of piperazine rings is 1. The minimum absolute atomic E-state index is 0.116. The molecule has 1 N–H and O–H groups in total. The van der Waals surface area contributed by atoms with Gasteiger partial charge in [-0.1, -0.05) is 11.6 Å². The quantitative estimate of drug-likeness (QED) is 0.897. The zero-order valence-electron chi connectivity index (χ0n) is 11.1. The van der Waals surface area contributed by atoms with Crippen molar-refractivity contribution in [3.8, 4) is 0 Å². The molecule has 0 bridgehead atoms. The lowest BCUT2D eigenvalue weighted by atomic mass is 10.2. The van der Waals surface area contributed by atoms with Crippen LogP contribution in [0.4, 0.5) is 13.2 Å². The smallest absolute Gasteiger partial charge is 0.312 e. The molecular formula is C12H14ClF3N2O2S. The lowest BCUT2D eigenvalue weighted by Gasteiger charge is -2.31. The molecule has 2 rings (SSSR count). The van der Waals surface area contributed by atoms with E-state index in [1.807, 2.05) is 0 Å². The normalized spacial score (nSPS) is 21.5. The van der Waals surface area contributed by atoms with Crippen molar-refractivity contribution in [3.05, 3.63) is 28.8 Å². The van der Waals surface area contributed by atoms with Crippen LogP contribution in [0.5, 0.6) is 0 Å². The fourth-order valence-corrected chi connectivity index (χ4v) is 4.10. The number of nitrogens with one attached hydrogen (secondary N) is 1. The Bertz CT molecular complexity index is 634. The van der Waals surface area contributed by atoms with E-state index >= 15 is 0 Å². The Morgan fingerprint density at radius 1 is 1.38 bits per heavy atom. The highest BCUT2D eigenvalue weighted by molar-refractivity contribution is 7.89. The van der Waals surface area contributed by atoms with Crippen LogP contribution in [0.15, 0.2) is 23.1 Å². The Morgan fingerprint density at radius 3 is 2.62 bits per heavy atom. The molecule has 1 saturated heterocycles. The second-order valence-electron chi connectivity index (χ2n) is 4.86. The standard InChI is InChI=1S/C12H14ClF3N2O2S/c1-8-7-18(5-4-17-8)21(19,20)11-3-2-9(13)6-10(11)12(14,15)16/h2-3,6,8,17H,4-5,7H2,1H3. The number of hydrogen-bond donors (Lipinski definition) is 1. The molecule has 1 aliphatic rings. The van der Waals surface area contributed by atoms with Gasteiger partial charge in [-0.2, -0.15) is 17.5 Å². The summed E-state index contributed by atoms with van der Waals surface area (Å²) in [5.74, 6) is 0. The first-order valence-corrected chi connectivity index (χ1v) is 8.04. The van der Waals surface area contributed by atoms with Crippen molar-refractivity contribution in [1.82, 2.24) is 9.62 Å². The van der Waals surface area contributed by atoms with Crippen molar-refractivity contribution in [2.24, 2.45) is 0 Å². The fourth-order valence-electron chi connectivity index (χ4n) is 2.20. The van der Waals surface area contributed by atoms with E-state index in [2.05, 4.69) is 5.32 Å².